The van der Waals surface area contributed by atoms with Gasteiger partial charge in [-0.05, 0) is 38.6 Å². The van der Waals surface area contributed by atoms with Gasteiger partial charge in [0.05, 0.1) is 6.10 Å². The Balaban J connectivity index is 2.29. The van der Waals surface area contributed by atoms with E-state index in [-0.39, 0.29) is 24.0 Å². The fourth-order valence-electron chi connectivity index (χ4n) is 2.33. The fourth-order valence-corrected chi connectivity index (χ4v) is 2.33. The number of nitrogens with one attached hydrogen (secondary N) is 1. The van der Waals surface area contributed by atoms with Crippen molar-refractivity contribution < 1.29 is 9.53 Å². The molecule has 1 rings (SSSR count). The molecule has 4 nitrogen and oxygen atoms in total. The van der Waals surface area contributed by atoms with Crippen LogP contribution in [0.4, 0.5) is 0 Å². The van der Waals surface area contributed by atoms with Gasteiger partial charge in [0.15, 0.2) is 0 Å². The Morgan fingerprint density at radius 2 is 2.00 bits per heavy atom. The highest BCUT2D eigenvalue weighted by Crippen LogP contribution is 2.34. The molecular weight excluding hydrogens is 216 g/mol. The van der Waals surface area contributed by atoms with Crippen molar-refractivity contribution in [1.29, 1.82) is 0 Å². The first kappa shape index (κ1) is 14.5. The van der Waals surface area contributed by atoms with Crippen LogP contribution < -0.4 is 11.1 Å². The molecule has 4 heteroatoms. The van der Waals surface area contributed by atoms with E-state index in [0.29, 0.717) is 13.1 Å². The largest absolute Gasteiger partial charge is 0.369 e. The zero-order valence-electron chi connectivity index (χ0n) is 11.1. The smallest absolute Gasteiger partial charge is 0.246 e. The first-order chi connectivity index (χ1) is 8.08. The Morgan fingerprint density at radius 1 is 1.35 bits per heavy atom. The van der Waals surface area contributed by atoms with Gasteiger partial charge in [-0.2, -0.15) is 0 Å². The number of ether oxygens (including phenoxy) is 1. The second-order valence-corrected chi connectivity index (χ2v) is 5.40. The van der Waals surface area contributed by atoms with E-state index in [1.54, 1.807) is 0 Å². The Labute approximate surface area is 104 Å². The van der Waals surface area contributed by atoms with Crippen LogP contribution in [0.5, 0.6) is 0 Å². The number of amides is 1. The lowest BCUT2D eigenvalue weighted by Crippen LogP contribution is -2.44. The zero-order chi connectivity index (χ0) is 12.7. The molecule has 0 aromatic carbocycles. The SMILES string of the molecule is CC(C)OCC(=O)NCC1(CN)CCCCC1. The second-order valence-electron chi connectivity index (χ2n) is 5.40. The Morgan fingerprint density at radius 3 is 2.53 bits per heavy atom. The molecular formula is C13H26N2O2. The molecule has 1 aliphatic rings. The standard InChI is InChI=1S/C13H26N2O2/c1-11(2)17-8-12(16)15-10-13(9-14)6-4-3-5-7-13/h11H,3-10,14H2,1-2H3,(H,15,16). The fraction of sp³-hybridized carbons (Fsp3) is 0.923. The van der Waals surface area contributed by atoms with Crippen molar-refractivity contribution >= 4 is 5.91 Å². The molecule has 0 unspecified atom stereocenters. The predicted molar refractivity (Wildman–Crippen MR) is 68.7 cm³/mol. The van der Waals surface area contributed by atoms with Gasteiger partial charge in [-0.25, -0.2) is 0 Å². The third-order valence-electron chi connectivity index (χ3n) is 3.56. The average molecular weight is 242 g/mol. The van der Waals surface area contributed by atoms with E-state index in [1.165, 1.54) is 19.3 Å². The summed E-state index contributed by atoms with van der Waals surface area (Å²) in [5.41, 5.74) is 5.99. The molecule has 0 bridgehead atoms. The summed E-state index contributed by atoms with van der Waals surface area (Å²) in [6.45, 7) is 5.37. The summed E-state index contributed by atoms with van der Waals surface area (Å²) in [6.07, 6.45) is 6.12. The molecule has 0 radical (unpaired) electrons. The molecule has 0 spiro atoms. The van der Waals surface area contributed by atoms with Crippen LogP contribution >= 0.6 is 0 Å². The van der Waals surface area contributed by atoms with Crippen molar-refractivity contribution in [3.63, 3.8) is 0 Å². The summed E-state index contributed by atoms with van der Waals surface area (Å²) >= 11 is 0. The molecule has 0 aromatic rings. The molecule has 1 saturated carbocycles. The molecule has 0 atom stereocenters. The van der Waals surface area contributed by atoms with E-state index < -0.39 is 0 Å². The van der Waals surface area contributed by atoms with E-state index >= 15 is 0 Å². The Kier molecular flexibility index (Phi) is 5.92. The number of hydrogen-bond donors (Lipinski definition) is 2. The monoisotopic (exact) mass is 242 g/mol. The third-order valence-corrected chi connectivity index (χ3v) is 3.56. The van der Waals surface area contributed by atoms with E-state index in [9.17, 15) is 4.79 Å². The number of carbonyl (C=O) groups is 1. The number of hydrogen-bond acceptors (Lipinski definition) is 3. The Bertz CT molecular complexity index is 236. The first-order valence-electron chi connectivity index (χ1n) is 6.66. The maximum absolute atomic E-state index is 11.6. The van der Waals surface area contributed by atoms with Gasteiger partial charge in [0.2, 0.25) is 5.91 Å². The summed E-state index contributed by atoms with van der Waals surface area (Å²) in [5, 5.41) is 2.96. The molecule has 3 N–H and O–H groups in total. The van der Waals surface area contributed by atoms with Crippen LogP contribution in [0.2, 0.25) is 0 Å². The minimum atomic E-state index is -0.0305. The number of rotatable bonds is 6. The lowest BCUT2D eigenvalue weighted by molar-refractivity contribution is -0.127. The summed E-state index contributed by atoms with van der Waals surface area (Å²) in [7, 11) is 0. The highest BCUT2D eigenvalue weighted by atomic mass is 16.5. The highest BCUT2D eigenvalue weighted by Gasteiger charge is 2.30. The van der Waals surface area contributed by atoms with Crippen LogP contribution in [0.3, 0.4) is 0 Å². The first-order valence-corrected chi connectivity index (χ1v) is 6.66. The van der Waals surface area contributed by atoms with E-state index in [2.05, 4.69) is 5.32 Å². The van der Waals surface area contributed by atoms with Gasteiger partial charge < -0.3 is 15.8 Å². The summed E-state index contributed by atoms with van der Waals surface area (Å²) < 4.78 is 5.27. The van der Waals surface area contributed by atoms with Gasteiger partial charge in [0, 0.05) is 6.54 Å². The van der Waals surface area contributed by atoms with Gasteiger partial charge in [0.25, 0.3) is 0 Å². The minimum absolute atomic E-state index is 0.0305. The van der Waals surface area contributed by atoms with Crippen LogP contribution in [0.1, 0.15) is 46.0 Å². The molecule has 0 aliphatic heterocycles. The summed E-state index contributed by atoms with van der Waals surface area (Å²) in [6, 6.07) is 0. The van der Waals surface area contributed by atoms with Crippen molar-refractivity contribution in [2.45, 2.75) is 52.1 Å². The third kappa shape index (κ3) is 5.04. The molecule has 0 heterocycles. The predicted octanol–water partition coefficient (Wildman–Crippen LogP) is 1.44. The maximum atomic E-state index is 11.6. The van der Waals surface area contributed by atoms with Gasteiger partial charge in [0.1, 0.15) is 6.61 Å². The Hall–Kier alpha value is -0.610. The van der Waals surface area contributed by atoms with Crippen molar-refractivity contribution in [3.05, 3.63) is 0 Å². The van der Waals surface area contributed by atoms with Crippen molar-refractivity contribution in [3.8, 4) is 0 Å². The van der Waals surface area contributed by atoms with Gasteiger partial charge in [-0.1, -0.05) is 19.3 Å². The van der Waals surface area contributed by atoms with Crippen molar-refractivity contribution in [1.82, 2.24) is 5.32 Å². The normalized spacial score (nSPS) is 19.3. The quantitative estimate of drug-likeness (QED) is 0.740. The van der Waals surface area contributed by atoms with E-state index in [4.69, 9.17) is 10.5 Å². The summed E-state index contributed by atoms with van der Waals surface area (Å²) in [4.78, 5) is 11.6. The highest BCUT2D eigenvalue weighted by molar-refractivity contribution is 5.77. The molecule has 1 amide bonds. The van der Waals surface area contributed by atoms with Crippen LogP contribution in [-0.4, -0.2) is 31.7 Å². The van der Waals surface area contributed by atoms with Crippen LogP contribution in [0.15, 0.2) is 0 Å². The van der Waals surface area contributed by atoms with Gasteiger partial charge in [-0.3, -0.25) is 4.79 Å². The van der Waals surface area contributed by atoms with Gasteiger partial charge >= 0.3 is 0 Å². The topological polar surface area (TPSA) is 64.3 Å². The zero-order valence-corrected chi connectivity index (χ0v) is 11.1. The average Bonchev–Trinajstić information content (AvgIpc) is 2.35. The minimum Gasteiger partial charge on any atom is -0.369 e. The number of carbonyl (C=O) groups excluding carboxylic acids is 1. The molecule has 0 aromatic heterocycles. The van der Waals surface area contributed by atoms with Gasteiger partial charge in [-0.15, -0.1) is 0 Å². The van der Waals surface area contributed by atoms with Crippen LogP contribution in [-0.2, 0) is 9.53 Å². The molecule has 0 saturated heterocycles. The molecule has 1 fully saturated rings. The molecule has 17 heavy (non-hydrogen) atoms. The maximum Gasteiger partial charge on any atom is 0.246 e. The number of nitrogens with two attached hydrogens (primary N) is 1. The van der Waals surface area contributed by atoms with Crippen molar-refractivity contribution in [2.24, 2.45) is 11.1 Å². The van der Waals surface area contributed by atoms with Crippen molar-refractivity contribution in [2.75, 3.05) is 19.7 Å². The lowest BCUT2D eigenvalue weighted by Gasteiger charge is -2.36. The molecule has 100 valence electrons. The summed E-state index contributed by atoms with van der Waals surface area (Å²) in [5.74, 6) is -0.0305. The van der Waals surface area contributed by atoms with E-state index in [1.807, 2.05) is 13.8 Å². The lowest BCUT2D eigenvalue weighted by atomic mass is 9.74. The van der Waals surface area contributed by atoms with E-state index in [0.717, 1.165) is 12.8 Å². The van der Waals surface area contributed by atoms with Crippen LogP contribution in [0, 0.1) is 5.41 Å². The van der Waals surface area contributed by atoms with Crippen LogP contribution in [0.25, 0.3) is 0 Å². The molecule has 1 aliphatic carbocycles. The second kappa shape index (κ2) is 6.97.